The molecule has 0 aliphatic heterocycles. The highest BCUT2D eigenvalue weighted by molar-refractivity contribution is 5.40. The van der Waals surface area contributed by atoms with Crippen molar-refractivity contribution in [3.63, 3.8) is 0 Å². The number of nitrogens with two attached hydrogens (primary N) is 1. The molecule has 1 aromatic rings. The molecule has 2 N–H and O–H groups in total. The number of benzene rings is 1. The Kier molecular flexibility index (Phi) is 3.67. The second-order valence-corrected chi connectivity index (χ2v) is 3.58. The summed E-state index contributed by atoms with van der Waals surface area (Å²) >= 11 is 0. The topological polar surface area (TPSA) is 49.8 Å². The van der Waals surface area contributed by atoms with E-state index in [0.717, 1.165) is 29.5 Å². The van der Waals surface area contributed by atoms with Crippen LogP contribution in [0.1, 0.15) is 42.5 Å². The molecule has 0 aliphatic rings. The Morgan fingerprint density at radius 1 is 1.50 bits per heavy atom. The molecule has 0 amide bonds. The van der Waals surface area contributed by atoms with Gasteiger partial charge in [0.1, 0.15) is 0 Å². The Hall–Kier alpha value is -1.33. The quantitative estimate of drug-likeness (QED) is 0.792. The van der Waals surface area contributed by atoms with Crippen molar-refractivity contribution in [1.29, 1.82) is 5.26 Å². The van der Waals surface area contributed by atoms with Crippen LogP contribution in [-0.2, 0) is 0 Å². The van der Waals surface area contributed by atoms with Crippen LogP contribution in [-0.4, -0.2) is 0 Å². The van der Waals surface area contributed by atoms with E-state index in [4.69, 9.17) is 11.0 Å². The number of nitrogens with zero attached hydrogens (tertiary/aromatic N) is 1. The predicted molar refractivity (Wildman–Crippen MR) is 57.7 cm³/mol. The molecule has 0 saturated carbocycles. The minimum atomic E-state index is 0.0627. The molecule has 0 saturated heterocycles. The van der Waals surface area contributed by atoms with E-state index in [9.17, 15) is 0 Å². The lowest BCUT2D eigenvalue weighted by Crippen LogP contribution is -2.09. The zero-order valence-electron chi connectivity index (χ0n) is 8.75. The van der Waals surface area contributed by atoms with Gasteiger partial charge in [0.05, 0.1) is 11.6 Å². The second-order valence-electron chi connectivity index (χ2n) is 3.58. The molecule has 0 fully saturated rings. The Balaban J connectivity index is 2.95. The second kappa shape index (κ2) is 4.78. The van der Waals surface area contributed by atoms with E-state index < -0.39 is 0 Å². The van der Waals surface area contributed by atoms with Crippen molar-refractivity contribution in [2.24, 2.45) is 5.73 Å². The van der Waals surface area contributed by atoms with Crippen LogP contribution in [0.2, 0.25) is 0 Å². The van der Waals surface area contributed by atoms with E-state index in [2.05, 4.69) is 13.0 Å². The molecule has 0 heterocycles. The van der Waals surface area contributed by atoms with Crippen molar-refractivity contribution >= 4 is 0 Å². The first-order valence-corrected chi connectivity index (χ1v) is 4.95. The first-order chi connectivity index (χ1) is 6.69. The molecule has 0 unspecified atom stereocenters. The molecule has 0 aromatic heterocycles. The van der Waals surface area contributed by atoms with Gasteiger partial charge in [-0.2, -0.15) is 5.26 Å². The van der Waals surface area contributed by atoms with Crippen LogP contribution in [0, 0.1) is 18.3 Å². The molecule has 74 valence electrons. The molecular weight excluding hydrogens is 172 g/mol. The highest BCUT2D eigenvalue weighted by Gasteiger charge is 2.06. The van der Waals surface area contributed by atoms with Gasteiger partial charge in [0.25, 0.3) is 0 Å². The number of hydrogen-bond donors (Lipinski definition) is 1. The highest BCUT2D eigenvalue weighted by atomic mass is 14.6. The van der Waals surface area contributed by atoms with Crippen LogP contribution in [0.4, 0.5) is 0 Å². The maximum Gasteiger partial charge on any atom is 0.0994 e. The van der Waals surface area contributed by atoms with Crippen molar-refractivity contribution in [3.05, 3.63) is 34.9 Å². The summed E-state index contributed by atoms with van der Waals surface area (Å²) < 4.78 is 0. The van der Waals surface area contributed by atoms with Crippen molar-refractivity contribution in [2.75, 3.05) is 0 Å². The largest absolute Gasteiger partial charge is 0.324 e. The van der Waals surface area contributed by atoms with E-state index in [-0.39, 0.29) is 6.04 Å². The molecule has 1 aromatic carbocycles. The summed E-state index contributed by atoms with van der Waals surface area (Å²) in [6.45, 7) is 4.05. The van der Waals surface area contributed by atoms with E-state index in [1.807, 2.05) is 25.1 Å². The number of hydrogen-bond acceptors (Lipinski definition) is 2. The van der Waals surface area contributed by atoms with Crippen LogP contribution in [0.25, 0.3) is 0 Å². The molecule has 0 aliphatic carbocycles. The molecule has 2 heteroatoms. The summed E-state index contributed by atoms with van der Waals surface area (Å²) in [5, 5.41) is 8.86. The minimum Gasteiger partial charge on any atom is -0.324 e. The normalized spacial score (nSPS) is 12.1. The lowest BCUT2D eigenvalue weighted by Gasteiger charge is -2.11. The van der Waals surface area contributed by atoms with Gasteiger partial charge < -0.3 is 5.73 Å². The fourth-order valence-corrected chi connectivity index (χ4v) is 1.47. The van der Waals surface area contributed by atoms with Crippen molar-refractivity contribution in [3.8, 4) is 6.07 Å². The van der Waals surface area contributed by atoms with E-state index in [1.165, 1.54) is 0 Å². The summed E-state index contributed by atoms with van der Waals surface area (Å²) in [4.78, 5) is 0. The Bertz CT molecular complexity index is 350. The summed E-state index contributed by atoms with van der Waals surface area (Å²) in [5.74, 6) is 0. The van der Waals surface area contributed by atoms with Gasteiger partial charge >= 0.3 is 0 Å². The van der Waals surface area contributed by atoms with Gasteiger partial charge in [0.2, 0.25) is 0 Å². The number of rotatable bonds is 3. The van der Waals surface area contributed by atoms with Gasteiger partial charge in [0, 0.05) is 6.04 Å². The summed E-state index contributed by atoms with van der Waals surface area (Å²) in [5.41, 5.74) is 8.78. The first kappa shape index (κ1) is 10.7. The average molecular weight is 188 g/mol. The fraction of sp³-hybridized carbons (Fsp3) is 0.417. The summed E-state index contributed by atoms with van der Waals surface area (Å²) in [7, 11) is 0. The smallest absolute Gasteiger partial charge is 0.0994 e. The lowest BCUT2D eigenvalue weighted by atomic mass is 9.99. The van der Waals surface area contributed by atoms with Gasteiger partial charge in [-0.05, 0) is 30.5 Å². The Morgan fingerprint density at radius 3 is 2.79 bits per heavy atom. The van der Waals surface area contributed by atoms with Gasteiger partial charge in [-0.15, -0.1) is 0 Å². The Labute approximate surface area is 85.4 Å². The molecule has 1 rings (SSSR count). The van der Waals surface area contributed by atoms with Crippen LogP contribution >= 0.6 is 0 Å². The zero-order valence-corrected chi connectivity index (χ0v) is 8.75. The SMILES string of the molecule is CCC[C@@H](N)c1ccc(C)c(C#N)c1. The fourth-order valence-electron chi connectivity index (χ4n) is 1.47. The molecule has 0 radical (unpaired) electrons. The molecule has 2 nitrogen and oxygen atoms in total. The molecule has 0 bridgehead atoms. The summed E-state index contributed by atoms with van der Waals surface area (Å²) in [6, 6.07) is 8.11. The van der Waals surface area contributed by atoms with Crippen LogP contribution in [0.5, 0.6) is 0 Å². The average Bonchev–Trinajstić information content (AvgIpc) is 2.19. The minimum absolute atomic E-state index is 0.0627. The maximum atomic E-state index is 8.86. The number of aryl methyl sites for hydroxylation is 1. The van der Waals surface area contributed by atoms with E-state index in [1.54, 1.807) is 0 Å². The van der Waals surface area contributed by atoms with Gasteiger partial charge in [-0.1, -0.05) is 25.5 Å². The van der Waals surface area contributed by atoms with Gasteiger partial charge in [0.15, 0.2) is 0 Å². The van der Waals surface area contributed by atoms with Gasteiger partial charge in [-0.25, -0.2) is 0 Å². The molecular formula is C12H16N2. The highest BCUT2D eigenvalue weighted by Crippen LogP contribution is 2.18. The monoisotopic (exact) mass is 188 g/mol. The van der Waals surface area contributed by atoms with Crippen LogP contribution in [0.3, 0.4) is 0 Å². The van der Waals surface area contributed by atoms with Gasteiger partial charge in [-0.3, -0.25) is 0 Å². The van der Waals surface area contributed by atoms with Crippen molar-refractivity contribution in [2.45, 2.75) is 32.7 Å². The molecule has 1 atom stereocenters. The molecule has 0 spiro atoms. The third-order valence-electron chi connectivity index (χ3n) is 2.41. The van der Waals surface area contributed by atoms with E-state index >= 15 is 0 Å². The number of nitriles is 1. The van der Waals surface area contributed by atoms with Crippen molar-refractivity contribution in [1.82, 2.24) is 0 Å². The standard InChI is InChI=1S/C12H16N2/c1-3-4-12(14)10-6-5-9(2)11(7-10)8-13/h5-7,12H,3-4,14H2,1-2H3/t12-/m1/s1. The van der Waals surface area contributed by atoms with Crippen molar-refractivity contribution < 1.29 is 0 Å². The van der Waals surface area contributed by atoms with E-state index in [0.29, 0.717) is 0 Å². The predicted octanol–water partition coefficient (Wildman–Crippen LogP) is 2.67. The summed E-state index contributed by atoms with van der Waals surface area (Å²) in [6.07, 6.45) is 2.03. The first-order valence-electron chi connectivity index (χ1n) is 4.95. The van der Waals surface area contributed by atoms with Crippen LogP contribution in [0.15, 0.2) is 18.2 Å². The third-order valence-corrected chi connectivity index (χ3v) is 2.41. The lowest BCUT2D eigenvalue weighted by molar-refractivity contribution is 0.638. The van der Waals surface area contributed by atoms with Crippen LogP contribution < -0.4 is 5.73 Å². The zero-order chi connectivity index (χ0) is 10.6. The third kappa shape index (κ3) is 2.34. The Morgan fingerprint density at radius 2 is 2.21 bits per heavy atom. The molecule has 14 heavy (non-hydrogen) atoms. The maximum absolute atomic E-state index is 8.86.